The molecule has 0 saturated carbocycles. The molecule has 1 amide bonds. The van der Waals surface area contributed by atoms with Gasteiger partial charge in [-0.15, -0.1) is 11.8 Å². The fourth-order valence-corrected chi connectivity index (χ4v) is 5.51. The van der Waals surface area contributed by atoms with Crippen molar-refractivity contribution in [2.24, 2.45) is 5.92 Å². The third-order valence-corrected chi connectivity index (χ3v) is 7.78. The Balaban J connectivity index is 1.72. The van der Waals surface area contributed by atoms with E-state index < -0.39 is 10.0 Å². The average molecular weight is 482 g/mol. The predicted octanol–water partition coefficient (Wildman–Crippen LogP) is 5.93. The number of benzene rings is 3. The Hall–Kier alpha value is -2.97. The number of nitrogens with one attached hydrogen (secondary N) is 2. The van der Waals surface area contributed by atoms with Crippen LogP contribution in [0.5, 0.6) is 0 Å². The van der Waals surface area contributed by atoms with Gasteiger partial charge >= 0.3 is 0 Å². The predicted molar refractivity (Wildman–Crippen MR) is 138 cm³/mol. The summed E-state index contributed by atoms with van der Waals surface area (Å²) in [7, 11) is -3.85. The summed E-state index contributed by atoms with van der Waals surface area (Å²) in [5.41, 5.74) is 3.16. The molecule has 4 aromatic rings. The Morgan fingerprint density at radius 3 is 2.42 bits per heavy atom. The second-order valence-corrected chi connectivity index (χ2v) is 10.6. The summed E-state index contributed by atoms with van der Waals surface area (Å²) in [5, 5.41) is 4.91. The summed E-state index contributed by atoms with van der Waals surface area (Å²) >= 11 is 1.45. The largest absolute Gasteiger partial charge is 0.341 e. The lowest BCUT2D eigenvalue weighted by Gasteiger charge is -2.14. The zero-order valence-electron chi connectivity index (χ0n) is 19.0. The van der Waals surface area contributed by atoms with Crippen LogP contribution in [0.15, 0.2) is 70.5 Å². The molecule has 172 valence electrons. The molecule has 0 saturated heterocycles. The molecule has 33 heavy (non-hydrogen) atoms. The highest BCUT2D eigenvalue weighted by Gasteiger charge is 2.19. The lowest BCUT2D eigenvalue weighted by Crippen LogP contribution is -2.19. The minimum atomic E-state index is -3.85. The Bertz CT molecular complexity index is 1460. The first-order chi connectivity index (χ1) is 15.7. The number of fused-ring (bicyclic) bond motifs is 3. The number of nitrogens with zero attached hydrogens (tertiary/aromatic N) is 1. The number of anilines is 2. The summed E-state index contributed by atoms with van der Waals surface area (Å²) in [6.45, 7) is 6.50. The van der Waals surface area contributed by atoms with Crippen LogP contribution >= 0.6 is 11.8 Å². The Labute approximate surface area is 198 Å². The highest BCUT2D eigenvalue weighted by atomic mass is 32.2. The Kier molecular flexibility index (Phi) is 6.41. The fraction of sp³-hybridized carbons (Fsp3) is 0.240. The van der Waals surface area contributed by atoms with Crippen LogP contribution in [0.2, 0.25) is 0 Å². The van der Waals surface area contributed by atoms with Gasteiger partial charge in [0.25, 0.3) is 10.0 Å². The van der Waals surface area contributed by atoms with Crippen LogP contribution in [0, 0.1) is 5.92 Å². The van der Waals surface area contributed by atoms with Gasteiger partial charge in [0.15, 0.2) is 0 Å². The molecule has 0 bridgehead atoms. The SMILES string of the molecule is CCn1c2ccccc2c2cc(NS(=O)(=O)c3ccc(SC)c(NC(=O)C(C)C)c3)ccc21. The normalized spacial score (nSPS) is 11.9. The highest BCUT2D eigenvalue weighted by molar-refractivity contribution is 7.98. The first-order valence-corrected chi connectivity index (χ1v) is 13.5. The van der Waals surface area contributed by atoms with E-state index in [1.807, 2.05) is 36.6 Å². The third-order valence-electron chi connectivity index (χ3n) is 5.60. The Morgan fingerprint density at radius 2 is 1.73 bits per heavy atom. The molecular weight excluding hydrogens is 454 g/mol. The molecule has 8 heteroatoms. The molecule has 0 radical (unpaired) electrons. The van der Waals surface area contributed by atoms with Gasteiger partial charge in [0.05, 0.1) is 10.6 Å². The number of amides is 1. The topological polar surface area (TPSA) is 80.2 Å². The summed E-state index contributed by atoms with van der Waals surface area (Å²) in [5.74, 6) is -0.374. The third kappa shape index (κ3) is 4.45. The second-order valence-electron chi connectivity index (χ2n) is 8.10. The van der Waals surface area contributed by atoms with Crippen LogP contribution in [0.1, 0.15) is 20.8 Å². The molecule has 0 unspecified atom stereocenters. The van der Waals surface area contributed by atoms with E-state index in [9.17, 15) is 13.2 Å². The molecule has 0 spiro atoms. The van der Waals surface area contributed by atoms with Crippen LogP contribution in [0.3, 0.4) is 0 Å². The number of carbonyl (C=O) groups excluding carboxylic acids is 1. The number of para-hydroxylation sites is 1. The number of rotatable bonds is 7. The number of aromatic nitrogens is 1. The molecule has 0 aliphatic carbocycles. The van der Waals surface area contributed by atoms with Crippen molar-refractivity contribution in [1.82, 2.24) is 4.57 Å². The van der Waals surface area contributed by atoms with E-state index in [0.29, 0.717) is 11.4 Å². The average Bonchev–Trinajstić information content (AvgIpc) is 3.11. The van der Waals surface area contributed by atoms with E-state index in [2.05, 4.69) is 27.6 Å². The summed E-state index contributed by atoms with van der Waals surface area (Å²) in [6, 6.07) is 18.5. The van der Waals surface area contributed by atoms with Crippen molar-refractivity contribution in [3.63, 3.8) is 0 Å². The zero-order valence-corrected chi connectivity index (χ0v) is 20.7. The molecule has 0 atom stereocenters. The van der Waals surface area contributed by atoms with Gasteiger partial charge in [-0.25, -0.2) is 8.42 Å². The molecule has 1 heterocycles. The maximum absolute atomic E-state index is 13.2. The summed E-state index contributed by atoms with van der Waals surface area (Å²) in [6.07, 6.45) is 1.88. The maximum Gasteiger partial charge on any atom is 0.261 e. The quantitative estimate of drug-likeness (QED) is 0.321. The lowest BCUT2D eigenvalue weighted by molar-refractivity contribution is -0.118. The van der Waals surface area contributed by atoms with Crippen LogP contribution in [-0.2, 0) is 21.4 Å². The summed E-state index contributed by atoms with van der Waals surface area (Å²) < 4.78 is 31.3. The van der Waals surface area contributed by atoms with Crippen molar-refractivity contribution in [2.75, 3.05) is 16.3 Å². The molecule has 6 nitrogen and oxygen atoms in total. The van der Waals surface area contributed by atoms with E-state index in [0.717, 1.165) is 33.2 Å². The molecule has 0 fully saturated rings. The van der Waals surface area contributed by atoms with Gasteiger partial charge in [-0.05, 0) is 55.6 Å². The van der Waals surface area contributed by atoms with Gasteiger partial charge in [-0.1, -0.05) is 32.0 Å². The number of aryl methyl sites for hydroxylation is 1. The van der Waals surface area contributed by atoms with Crippen molar-refractivity contribution in [1.29, 1.82) is 0 Å². The Morgan fingerprint density at radius 1 is 1.00 bits per heavy atom. The highest BCUT2D eigenvalue weighted by Crippen LogP contribution is 2.33. The van der Waals surface area contributed by atoms with Crippen molar-refractivity contribution in [3.05, 3.63) is 60.7 Å². The molecular formula is C25H27N3O3S2. The standard InChI is InChI=1S/C25H27N3O3S2/c1-5-28-22-9-7-6-8-19(22)20-14-17(10-12-23(20)28)27-33(30,31)18-11-13-24(32-4)21(15-18)26-25(29)16(2)3/h6-16,27H,5H2,1-4H3,(H,26,29). The van der Waals surface area contributed by atoms with Crippen molar-refractivity contribution in [3.8, 4) is 0 Å². The van der Waals surface area contributed by atoms with E-state index in [4.69, 9.17) is 0 Å². The number of hydrogen-bond donors (Lipinski definition) is 2. The minimum absolute atomic E-state index is 0.0930. The molecule has 0 aliphatic rings. The first-order valence-electron chi connectivity index (χ1n) is 10.8. The number of hydrogen-bond acceptors (Lipinski definition) is 4. The van der Waals surface area contributed by atoms with Crippen LogP contribution in [0.25, 0.3) is 21.8 Å². The maximum atomic E-state index is 13.2. The second kappa shape index (κ2) is 9.11. The zero-order chi connectivity index (χ0) is 23.8. The van der Waals surface area contributed by atoms with Crippen molar-refractivity contribution >= 4 is 60.9 Å². The fourth-order valence-electron chi connectivity index (χ4n) is 3.90. The number of sulfonamides is 1. The molecule has 2 N–H and O–H groups in total. The first kappa shape index (κ1) is 23.2. The van der Waals surface area contributed by atoms with E-state index >= 15 is 0 Å². The van der Waals surface area contributed by atoms with E-state index in [-0.39, 0.29) is 16.7 Å². The summed E-state index contributed by atoms with van der Waals surface area (Å²) in [4.78, 5) is 13.1. The minimum Gasteiger partial charge on any atom is -0.341 e. The molecule has 0 aliphatic heterocycles. The monoisotopic (exact) mass is 481 g/mol. The molecule has 1 aromatic heterocycles. The van der Waals surface area contributed by atoms with Crippen LogP contribution < -0.4 is 10.0 Å². The van der Waals surface area contributed by atoms with Gasteiger partial charge in [0.1, 0.15) is 0 Å². The van der Waals surface area contributed by atoms with Gasteiger partial charge in [0.2, 0.25) is 5.91 Å². The van der Waals surface area contributed by atoms with Gasteiger partial charge in [-0.2, -0.15) is 0 Å². The van der Waals surface area contributed by atoms with Crippen LogP contribution in [-0.4, -0.2) is 25.1 Å². The smallest absolute Gasteiger partial charge is 0.261 e. The number of carbonyl (C=O) groups is 1. The van der Waals surface area contributed by atoms with Gasteiger partial charge in [-0.3, -0.25) is 9.52 Å². The van der Waals surface area contributed by atoms with Crippen molar-refractivity contribution < 1.29 is 13.2 Å². The van der Waals surface area contributed by atoms with Gasteiger partial charge in [0, 0.05) is 44.9 Å². The van der Waals surface area contributed by atoms with Gasteiger partial charge < -0.3 is 9.88 Å². The lowest BCUT2D eigenvalue weighted by atomic mass is 10.1. The van der Waals surface area contributed by atoms with Crippen LogP contribution in [0.4, 0.5) is 11.4 Å². The van der Waals surface area contributed by atoms with E-state index in [1.165, 1.54) is 17.8 Å². The number of thioether (sulfide) groups is 1. The van der Waals surface area contributed by atoms with E-state index in [1.54, 1.807) is 32.0 Å². The van der Waals surface area contributed by atoms with Crippen molar-refractivity contribution in [2.45, 2.75) is 37.1 Å². The molecule has 4 rings (SSSR count). The molecule has 3 aromatic carbocycles.